The summed E-state index contributed by atoms with van der Waals surface area (Å²) in [5, 5.41) is 1.57. The van der Waals surface area contributed by atoms with Gasteiger partial charge in [0.15, 0.2) is 0 Å². The summed E-state index contributed by atoms with van der Waals surface area (Å²) < 4.78 is 0. The Hall–Kier alpha value is -0.990. The zero-order valence-corrected chi connectivity index (χ0v) is 13.7. The van der Waals surface area contributed by atoms with E-state index in [0.717, 1.165) is 16.0 Å². The third-order valence-corrected chi connectivity index (χ3v) is 4.11. The predicted molar refractivity (Wildman–Crippen MR) is 88.1 cm³/mol. The van der Waals surface area contributed by atoms with Gasteiger partial charge >= 0.3 is 0 Å². The monoisotopic (exact) mass is 337 g/mol. The molecule has 0 fully saturated rings. The number of rotatable bonds is 3. The van der Waals surface area contributed by atoms with E-state index in [9.17, 15) is 0 Å². The van der Waals surface area contributed by atoms with E-state index in [1.165, 1.54) is 22.4 Å². The van der Waals surface area contributed by atoms with Crippen LogP contribution < -0.4 is 4.90 Å². The van der Waals surface area contributed by atoms with Gasteiger partial charge in [0.25, 0.3) is 0 Å². The Morgan fingerprint density at radius 3 is 2.42 bits per heavy atom. The van der Waals surface area contributed by atoms with Crippen molar-refractivity contribution in [2.24, 2.45) is 0 Å². The number of aryl methyl sites for hydroxylation is 2. The van der Waals surface area contributed by atoms with E-state index in [1.807, 2.05) is 12.1 Å². The molecule has 0 atom stereocenters. The smallest absolute Gasteiger partial charge is 0.0464 e. The molecule has 0 aliphatic carbocycles. The third kappa shape index (κ3) is 3.13. The van der Waals surface area contributed by atoms with Crippen LogP contribution in [-0.4, -0.2) is 7.05 Å². The van der Waals surface area contributed by atoms with Gasteiger partial charge in [0.05, 0.1) is 0 Å². The molecule has 0 radical (unpaired) electrons. The highest BCUT2D eigenvalue weighted by Crippen LogP contribution is 2.32. The summed E-state index contributed by atoms with van der Waals surface area (Å²) in [4.78, 5) is 2.19. The summed E-state index contributed by atoms with van der Waals surface area (Å²) in [6.07, 6.45) is 0. The fourth-order valence-corrected chi connectivity index (χ4v) is 2.91. The number of alkyl halides is 1. The van der Waals surface area contributed by atoms with Crippen LogP contribution in [0.3, 0.4) is 0 Å². The predicted octanol–water partition coefficient (Wildman–Crippen LogP) is 5.62. The highest BCUT2D eigenvalue weighted by atomic mass is 79.9. The number of halogens is 2. The second-order valence-corrected chi connectivity index (χ2v) is 5.75. The second-order valence-electron chi connectivity index (χ2n) is 4.76. The Morgan fingerprint density at radius 2 is 1.79 bits per heavy atom. The first-order valence-electron chi connectivity index (χ1n) is 6.18. The molecule has 0 aliphatic rings. The molecule has 3 heteroatoms. The molecule has 2 aromatic carbocycles. The normalized spacial score (nSPS) is 10.6. The van der Waals surface area contributed by atoms with Crippen LogP contribution in [0.5, 0.6) is 0 Å². The minimum atomic E-state index is 0.760. The fourth-order valence-electron chi connectivity index (χ4n) is 2.27. The Balaban J connectivity index is 2.49. The first-order chi connectivity index (χ1) is 9.02. The molecule has 2 rings (SSSR count). The van der Waals surface area contributed by atoms with Crippen LogP contribution in [0.4, 0.5) is 11.4 Å². The summed E-state index contributed by atoms with van der Waals surface area (Å²) >= 11 is 9.66. The molecule has 0 aliphatic heterocycles. The molecule has 0 saturated carbocycles. The van der Waals surface area contributed by atoms with Crippen molar-refractivity contribution in [2.45, 2.75) is 19.2 Å². The number of hydrogen-bond donors (Lipinski definition) is 0. The molecule has 0 bridgehead atoms. The minimum Gasteiger partial charge on any atom is -0.344 e. The van der Waals surface area contributed by atoms with Gasteiger partial charge in [0.1, 0.15) is 0 Å². The lowest BCUT2D eigenvalue weighted by molar-refractivity contribution is 1.16. The lowest BCUT2D eigenvalue weighted by Gasteiger charge is -2.24. The van der Waals surface area contributed by atoms with Crippen molar-refractivity contribution in [2.75, 3.05) is 11.9 Å². The van der Waals surface area contributed by atoms with Gasteiger partial charge in [0.2, 0.25) is 0 Å². The molecule has 0 amide bonds. The van der Waals surface area contributed by atoms with E-state index < -0.39 is 0 Å². The molecule has 2 aromatic rings. The summed E-state index contributed by atoms with van der Waals surface area (Å²) in [6, 6.07) is 12.5. The highest BCUT2D eigenvalue weighted by Gasteiger charge is 2.11. The Bertz CT molecular complexity index is 595. The molecule has 0 heterocycles. The van der Waals surface area contributed by atoms with Crippen LogP contribution in [0.2, 0.25) is 5.02 Å². The van der Waals surface area contributed by atoms with Crippen molar-refractivity contribution in [3.8, 4) is 0 Å². The van der Waals surface area contributed by atoms with E-state index in [2.05, 4.69) is 66.0 Å². The van der Waals surface area contributed by atoms with Crippen molar-refractivity contribution < 1.29 is 0 Å². The van der Waals surface area contributed by atoms with Crippen molar-refractivity contribution in [1.82, 2.24) is 0 Å². The van der Waals surface area contributed by atoms with Gasteiger partial charge in [-0.05, 0) is 43.2 Å². The lowest BCUT2D eigenvalue weighted by atomic mass is 10.1. The third-order valence-electron chi connectivity index (χ3n) is 3.27. The van der Waals surface area contributed by atoms with Gasteiger partial charge in [-0.2, -0.15) is 0 Å². The van der Waals surface area contributed by atoms with Crippen LogP contribution in [-0.2, 0) is 5.33 Å². The maximum absolute atomic E-state index is 6.13. The number of nitrogens with zero attached hydrogens (tertiary/aromatic N) is 1. The molecule has 0 saturated heterocycles. The fraction of sp³-hybridized carbons (Fsp3) is 0.250. The molecule has 0 aromatic heterocycles. The van der Waals surface area contributed by atoms with E-state index in [4.69, 9.17) is 11.6 Å². The average Bonchev–Trinajstić information content (AvgIpc) is 2.38. The Morgan fingerprint density at radius 1 is 1.05 bits per heavy atom. The van der Waals surface area contributed by atoms with Crippen molar-refractivity contribution in [1.29, 1.82) is 0 Å². The van der Waals surface area contributed by atoms with Gasteiger partial charge in [-0.25, -0.2) is 0 Å². The summed E-state index contributed by atoms with van der Waals surface area (Å²) in [6.45, 7) is 4.25. The van der Waals surface area contributed by atoms with Crippen LogP contribution in [0.1, 0.15) is 16.7 Å². The molecule has 0 N–H and O–H groups in total. The molecular weight excluding hydrogens is 322 g/mol. The molecular formula is C16H17BrClN. The minimum absolute atomic E-state index is 0.760. The van der Waals surface area contributed by atoms with Crippen molar-refractivity contribution in [3.63, 3.8) is 0 Å². The maximum atomic E-state index is 6.13. The second kappa shape index (κ2) is 5.98. The van der Waals surface area contributed by atoms with Crippen LogP contribution in [0.25, 0.3) is 0 Å². The van der Waals surface area contributed by atoms with Crippen LogP contribution in [0.15, 0.2) is 36.4 Å². The lowest BCUT2D eigenvalue weighted by Crippen LogP contribution is -2.12. The van der Waals surface area contributed by atoms with E-state index in [0.29, 0.717) is 0 Å². The van der Waals surface area contributed by atoms with E-state index in [-0.39, 0.29) is 0 Å². The van der Waals surface area contributed by atoms with Crippen molar-refractivity contribution in [3.05, 3.63) is 58.1 Å². The van der Waals surface area contributed by atoms with Crippen LogP contribution >= 0.6 is 27.5 Å². The van der Waals surface area contributed by atoms with Crippen molar-refractivity contribution >= 4 is 38.9 Å². The first-order valence-corrected chi connectivity index (χ1v) is 7.68. The zero-order valence-electron chi connectivity index (χ0n) is 11.4. The quantitative estimate of drug-likeness (QED) is 0.657. The number of benzene rings is 2. The Kier molecular flexibility index (Phi) is 4.54. The molecule has 0 unspecified atom stereocenters. The first kappa shape index (κ1) is 14.4. The topological polar surface area (TPSA) is 3.24 Å². The Labute approximate surface area is 128 Å². The molecule has 0 spiro atoms. The van der Waals surface area contributed by atoms with Gasteiger partial charge < -0.3 is 4.90 Å². The summed E-state index contributed by atoms with van der Waals surface area (Å²) in [5.74, 6) is 0. The maximum Gasteiger partial charge on any atom is 0.0464 e. The standard InChI is InChI=1S/C16H17BrClN/c1-11-4-7-15(12(2)8-11)19(3)16-9-14(18)6-5-13(16)10-17/h4-9H,10H2,1-3H3. The number of hydrogen-bond acceptors (Lipinski definition) is 1. The van der Waals surface area contributed by atoms with Gasteiger partial charge in [0, 0.05) is 28.8 Å². The van der Waals surface area contributed by atoms with E-state index >= 15 is 0 Å². The van der Waals surface area contributed by atoms with Gasteiger partial charge in [-0.3, -0.25) is 0 Å². The van der Waals surface area contributed by atoms with Crippen LogP contribution in [0, 0.1) is 13.8 Å². The molecule has 19 heavy (non-hydrogen) atoms. The van der Waals surface area contributed by atoms with Gasteiger partial charge in [-0.1, -0.05) is 51.3 Å². The van der Waals surface area contributed by atoms with Gasteiger partial charge in [-0.15, -0.1) is 0 Å². The largest absolute Gasteiger partial charge is 0.344 e. The SMILES string of the molecule is Cc1ccc(N(C)c2cc(Cl)ccc2CBr)c(C)c1. The summed E-state index contributed by atoms with van der Waals surface area (Å²) in [5.41, 5.74) is 6.11. The molecule has 1 nitrogen and oxygen atoms in total. The number of anilines is 2. The molecule has 100 valence electrons. The summed E-state index contributed by atoms with van der Waals surface area (Å²) in [7, 11) is 2.08. The highest BCUT2D eigenvalue weighted by molar-refractivity contribution is 9.08. The zero-order chi connectivity index (χ0) is 14.0. The van der Waals surface area contributed by atoms with E-state index in [1.54, 1.807) is 0 Å². The average molecular weight is 339 g/mol.